The number of thiocarbonyl (C=S) groups is 1. The van der Waals surface area contributed by atoms with Crippen LogP contribution in [-0.4, -0.2) is 29.3 Å². The predicted molar refractivity (Wildman–Crippen MR) is 153 cm³/mol. The quantitative estimate of drug-likeness (QED) is 0.310. The third kappa shape index (κ3) is 4.77. The summed E-state index contributed by atoms with van der Waals surface area (Å²) in [5.41, 5.74) is 6.13. The highest BCUT2D eigenvalue weighted by molar-refractivity contribution is 7.92. The van der Waals surface area contributed by atoms with E-state index in [4.69, 9.17) is 12.2 Å². The highest BCUT2D eigenvalue weighted by atomic mass is 32.2. The Morgan fingerprint density at radius 2 is 1.76 bits per heavy atom. The van der Waals surface area contributed by atoms with E-state index in [0.29, 0.717) is 16.5 Å². The zero-order chi connectivity index (χ0) is 27.2. The molecule has 1 aliphatic heterocycles. The Morgan fingerprint density at radius 1 is 1.03 bits per heavy atom. The first-order valence-corrected chi connectivity index (χ1v) is 14.4. The Labute approximate surface area is 227 Å². The van der Waals surface area contributed by atoms with E-state index in [0.717, 1.165) is 40.2 Å². The molecule has 10 heteroatoms. The van der Waals surface area contributed by atoms with Crippen molar-refractivity contribution in [1.29, 1.82) is 0 Å². The van der Waals surface area contributed by atoms with Crippen LogP contribution >= 0.6 is 12.2 Å². The standard InChI is InChI=1S/C28H28FN5O2S2/c1-17-15-20(12-13-23(17)32-38(4,35)36)34-27(26(31-28(34)37)24-10-7-8-14-30-24)21-16-18(2)33(19(21)3)25-11-6-5-9-22(25)29/h5-16,26-27,32H,1-4H3,(H,31,37)/t26-,27+/m1/s1. The van der Waals surface area contributed by atoms with Gasteiger partial charge in [-0.15, -0.1) is 0 Å². The highest BCUT2D eigenvalue weighted by Crippen LogP contribution is 2.44. The Kier molecular flexibility index (Phi) is 6.70. The van der Waals surface area contributed by atoms with Gasteiger partial charge >= 0.3 is 0 Å². The van der Waals surface area contributed by atoms with E-state index < -0.39 is 10.0 Å². The topological polar surface area (TPSA) is 79.3 Å². The van der Waals surface area contributed by atoms with Gasteiger partial charge in [-0.1, -0.05) is 18.2 Å². The van der Waals surface area contributed by atoms with Crippen molar-refractivity contribution in [3.63, 3.8) is 0 Å². The molecule has 7 nitrogen and oxygen atoms in total. The highest BCUT2D eigenvalue weighted by Gasteiger charge is 2.42. The van der Waals surface area contributed by atoms with Crippen LogP contribution < -0.4 is 14.9 Å². The summed E-state index contributed by atoms with van der Waals surface area (Å²) in [5.74, 6) is -0.302. The van der Waals surface area contributed by atoms with Gasteiger partial charge in [0.25, 0.3) is 0 Å². The first kappa shape index (κ1) is 25.9. The minimum Gasteiger partial charge on any atom is -0.351 e. The summed E-state index contributed by atoms with van der Waals surface area (Å²) in [4.78, 5) is 6.64. The third-order valence-electron chi connectivity index (χ3n) is 6.76. The fourth-order valence-electron chi connectivity index (χ4n) is 5.15. The van der Waals surface area contributed by atoms with Crippen LogP contribution in [0.1, 0.15) is 40.3 Å². The van der Waals surface area contributed by atoms with Gasteiger partial charge in [-0.25, -0.2) is 12.8 Å². The van der Waals surface area contributed by atoms with Crippen molar-refractivity contribution < 1.29 is 12.8 Å². The second-order valence-electron chi connectivity index (χ2n) is 9.48. The number of pyridine rings is 1. The number of hydrogen-bond acceptors (Lipinski definition) is 4. The number of nitrogens with zero attached hydrogens (tertiary/aromatic N) is 3. The molecule has 0 saturated carbocycles. The van der Waals surface area contributed by atoms with Crippen LogP contribution in [0.4, 0.5) is 15.8 Å². The van der Waals surface area contributed by atoms with Crippen molar-refractivity contribution in [3.05, 3.63) is 107 Å². The fourth-order valence-corrected chi connectivity index (χ4v) is 6.13. The predicted octanol–water partition coefficient (Wildman–Crippen LogP) is 5.49. The van der Waals surface area contributed by atoms with Gasteiger partial charge in [-0.2, -0.15) is 0 Å². The minimum atomic E-state index is -3.42. The lowest BCUT2D eigenvalue weighted by molar-refractivity contribution is 0.564. The summed E-state index contributed by atoms with van der Waals surface area (Å²) in [7, 11) is -3.42. The Morgan fingerprint density at radius 3 is 2.42 bits per heavy atom. The van der Waals surface area contributed by atoms with Crippen molar-refractivity contribution in [2.45, 2.75) is 32.9 Å². The number of para-hydroxylation sites is 1. The average Bonchev–Trinajstić information content (AvgIpc) is 3.36. The molecule has 4 aromatic rings. The Hall–Kier alpha value is -3.76. The average molecular weight is 550 g/mol. The molecule has 0 bridgehead atoms. The summed E-state index contributed by atoms with van der Waals surface area (Å²) in [6.07, 6.45) is 2.87. The van der Waals surface area contributed by atoms with Gasteiger partial charge in [0.05, 0.1) is 35.4 Å². The molecule has 2 aromatic carbocycles. The monoisotopic (exact) mass is 549 g/mol. The number of aromatic nitrogens is 2. The molecule has 1 saturated heterocycles. The molecule has 0 spiro atoms. The number of hydrogen-bond donors (Lipinski definition) is 2. The van der Waals surface area contributed by atoms with Crippen LogP contribution in [0.5, 0.6) is 0 Å². The van der Waals surface area contributed by atoms with Crippen LogP contribution in [-0.2, 0) is 10.0 Å². The van der Waals surface area contributed by atoms with Crippen LogP contribution in [0.3, 0.4) is 0 Å². The maximum absolute atomic E-state index is 14.8. The zero-order valence-corrected chi connectivity index (χ0v) is 23.1. The SMILES string of the molecule is Cc1cc(N2C(=S)N[C@H](c3ccccn3)[C@@H]2c2cc(C)n(-c3ccccc3F)c2C)ccc1NS(C)(=O)=O. The van der Waals surface area contributed by atoms with E-state index in [9.17, 15) is 12.8 Å². The van der Waals surface area contributed by atoms with Crippen molar-refractivity contribution in [1.82, 2.24) is 14.9 Å². The fraction of sp³-hybridized carbons (Fsp3) is 0.214. The molecule has 38 heavy (non-hydrogen) atoms. The van der Waals surface area contributed by atoms with Crippen LogP contribution in [0, 0.1) is 26.6 Å². The maximum Gasteiger partial charge on any atom is 0.229 e. The molecule has 0 radical (unpaired) electrons. The molecule has 1 fully saturated rings. The molecule has 2 atom stereocenters. The number of benzene rings is 2. The molecule has 1 aliphatic rings. The van der Waals surface area contributed by atoms with Crippen LogP contribution in [0.15, 0.2) is 72.9 Å². The molecule has 0 amide bonds. The molecular weight excluding hydrogens is 521 g/mol. The lowest BCUT2D eigenvalue weighted by Gasteiger charge is -2.29. The summed E-state index contributed by atoms with van der Waals surface area (Å²) in [5, 5.41) is 3.96. The van der Waals surface area contributed by atoms with Crippen LogP contribution in [0.2, 0.25) is 0 Å². The van der Waals surface area contributed by atoms with Crippen molar-refractivity contribution in [2.75, 3.05) is 15.9 Å². The van der Waals surface area contributed by atoms with Gasteiger partial charge in [-0.3, -0.25) is 9.71 Å². The summed E-state index contributed by atoms with van der Waals surface area (Å²) < 4.78 is 42.9. The number of sulfonamides is 1. The van der Waals surface area contributed by atoms with Crippen LogP contribution in [0.25, 0.3) is 5.69 Å². The van der Waals surface area contributed by atoms with Gasteiger partial charge < -0.3 is 14.8 Å². The summed E-state index contributed by atoms with van der Waals surface area (Å²) >= 11 is 5.85. The smallest absolute Gasteiger partial charge is 0.229 e. The first-order valence-electron chi connectivity index (χ1n) is 12.1. The van der Waals surface area contributed by atoms with E-state index in [1.54, 1.807) is 24.4 Å². The van der Waals surface area contributed by atoms with E-state index in [2.05, 4.69) is 21.1 Å². The second kappa shape index (κ2) is 9.85. The lowest BCUT2D eigenvalue weighted by Crippen LogP contribution is -2.29. The third-order valence-corrected chi connectivity index (χ3v) is 7.67. The number of halogens is 1. The molecule has 196 valence electrons. The molecule has 0 unspecified atom stereocenters. The van der Waals surface area contributed by atoms with E-state index in [-0.39, 0.29) is 17.9 Å². The molecular formula is C28H28FN5O2S2. The van der Waals surface area contributed by atoms with Gasteiger partial charge in [0, 0.05) is 23.3 Å². The first-order chi connectivity index (χ1) is 18.0. The summed E-state index contributed by atoms with van der Waals surface area (Å²) in [6, 6.07) is 19.5. The van der Waals surface area contributed by atoms with Crippen molar-refractivity contribution in [2.24, 2.45) is 0 Å². The second-order valence-corrected chi connectivity index (χ2v) is 11.6. The molecule has 0 aliphatic carbocycles. The van der Waals surface area contributed by atoms with E-state index >= 15 is 0 Å². The van der Waals surface area contributed by atoms with Gasteiger partial charge in [-0.05, 0) is 92.6 Å². The molecule has 5 rings (SSSR count). The van der Waals surface area contributed by atoms with Crippen molar-refractivity contribution in [3.8, 4) is 5.69 Å². The number of aryl methyl sites for hydroxylation is 2. The van der Waals surface area contributed by atoms with Gasteiger partial charge in [0.2, 0.25) is 10.0 Å². The Balaban J connectivity index is 1.66. The molecule has 2 aromatic heterocycles. The van der Waals surface area contributed by atoms with Gasteiger partial charge in [0.15, 0.2) is 5.11 Å². The van der Waals surface area contributed by atoms with E-state index in [1.807, 2.05) is 66.6 Å². The zero-order valence-electron chi connectivity index (χ0n) is 21.4. The normalized spacial score (nSPS) is 17.5. The van der Waals surface area contributed by atoms with Crippen molar-refractivity contribution >= 4 is 38.7 Å². The largest absolute Gasteiger partial charge is 0.351 e. The maximum atomic E-state index is 14.8. The summed E-state index contributed by atoms with van der Waals surface area (Å²) in [6.45, 7) is 5.78. The lowest BCUT2D eigenvalue weighted by atomic mass is 9.96. The van der Waals surface area contributed by atoms with Gasteiger partial charge in [0.1, 0.15) is 5.82 Å². The minimum absolute atomic E-state index is 0.271. The number of nitrogens with one attached hydrogen (secondary N) is 2. The molecule has 2 N–H and O–H groups in total. The van der Waals surface area contributed by atoms with E-state index in [1.165, 1.54) is 6.07 Å². The number of rotatable bonds is 6. The number of anilines is 2. The molecule has 3 heterocycles. The Bertz CT molecular complexity index is 1640.